The fourth-order valence-corrected chi connectivity index (χ4v) is 4.93. The lowest BCUT2D eigenvalue weighted by Gasteiger charge is -2.39. The molecule has 2 aromatic rings. The molecule has 2 saturated heterocycles. The van der Waals surface area contributed by atoms with E-state index in [1.165, 1.54) is 12.1 Å². The van der Waals surface area contributed by atoms with Gasteiger partial charge in [-0.1, -0.05) is 12.1 Å². The van der Waals surface area contributed by atoms with E-state index >= 15 is 0 Å². The smallest absolute Gasteiger partial charge is 0.229 e. The molecule has 38 heavy (non-hydrogen) atoms. The Morgan fingerprint density at radius 3 is 2.39 bits per heavy atom. The maximum Gasteiger partial charge on any atom is 0.229 e. The monoisotopic (exact) mass is 533 g/mol. The number of benzene rings is 2. The molecule has 2 aliphatic rings. The molecule has 0 amide bonds. The van der Waals surface area contributed by atoms with Crippen molar-refractivity contribution >= 4 is 11.7 Å². The maximum atomic E-state index is 11.9. The highest BCUT2D eigenvalue weighted by atomic mass is 16.7. The molecule has 2 fully saturated rings. The third-order valence-electron chi connectivity index (χ3n) is 6.90. The van der Waals surface area contributed by atoms with Crippen LogP contribution in [0.15, 0.2) is 36.4 Å². The summed E-state index contributed by atoms with van der Waals surface area (Å²) in [5.41, 5.74) is 1.22. The van der Waals surface area contributed by atoms with E-state index in [1.54, 1.807) is 16.7 Å². The Labute approximate surface area is 217 Å². The normalized spacial score (nSPS) is 28.7. The minimum Gasteiger partial charge on any atom is -0.543 e. The number of aliphatic hydroxyl groups excluding tert-OH is 4. The number of carboxylic acid groups (broad SMARTS) is 1. The number of carbonyl (C=O) groups excluding carboxylic acids is 1. The maximum absolute atomic E-state index is 11.9. The average Bonchev–Trinajstić information content (AvgIpc) is 3.37. The van der Waals surface area contributed by atoms with Crippen molar-refractivity contribution in [3.63, 3.8) is 0 Å². The van der Waals surface area contributed by atoms with Gasteiger partial charge in [0.25, 0.3) is 0 Å². The minimum atomic E-state index is -1.76. The molecule has 0 aliphatic carbocycles. The van der Waals surface area contributed by atoms with Gasteiger partial charge in [-0.25, -0.2) is 4.58 Å². The summed E-state index contributed by atoms with van der Waals surface area (Å²) in [4.78, 5) is 11.9. The van der Waals surface area contributed by atoms with Gasteiger partial charge in [-0.05, 0) is 24.1 Å². The first-order valence-electron chi connectivity index (χ1n) is 12.3. The van der Waals surface area contributed by atoms with Gasteiger partial charge in [-0.2, -0.15) is 0 Å². The number of aryl methyl sites for hydroxylation is 1. The number of aromatic hydroxyl groups is 3. The summed E-state index contributed by atoms with van der Waals surface area (Å²) in [6, 6.07) is 7.64. The fraction of sp³-hybridized carbons (Fsp3) is 0.462. The minimum absolute atomic E-state index is 0.0340. The molecule has 0 radical (unpaired) electrons. The Balaban J connectivity index is 1.77. The number of rotatable bonds is 8. The van der Waals surface area contributed by atoms with E-state index in [2.05, 4.69) is 0 Å². The lowest BCUT2D eigenvalue weighted by Crippen LogP contribution is -2.60. The van der Waals surface area contributed by atoms with E-state index in [0.717, 1.165) is 17.7 Å². The van der Waals surface area contributed by atoms with Crippen LogP contribution in [0, 0.1) is 0 Å². The van der Waals surface area contributed by atoms with Crippen LogP contribution < -0.4 is 9.84 Å². The van der Waals surface area contributed by atoms with Crippen LogP contribution >= 0.6 is 0 Å². The summed E-state index contributed by atoms with van der Waals surface area (Å²) in [6.45, 7) is -0.350. The number of nitrogens with zero attached hydrogens (tertiary/aromatic N) is 1. The van der Waals surface area contributed by atoms with Crippen LogP contribution in [0.5, 0.6) is 23.0 Å². The number of carbonyl (C=O) groups is 1. The Morgan fingerprint density at radius 1 is 1.03 bits per heavy atom. The first kappa shape index (κ1) is 27.6. The first-order chi connectivity index (χ1) is 18.1. The zero-order valence-corrected chi connectivity index (χ0v) is 20.4. The zero-order chi connectivity index (χ0) is 27.6. The summed E-state index contributed by atoms with van der Waals surface area (Å²) in [6.07, 6.45) is -6.52. The summed E-state index contributed by atoms with van der Waals surface area (Å²) in [5.74, 6) is -2.23. The van der Waals surface area contributed by atoms with E-state index < -0.39 is 60.8 Å². The average molecular weight is 534 g/mol. The number of phenols is 3. The summed E-state index contributed by atoms with van der Waals surface area (Å²) < 4.78 is 12.8. The number of hydrogen-bond donors (Lipinski definition) is 7. The standard InChI is InChI=1S/C26H31NO11/c28-12-20-22(32)23(33)24(34)26(38-20)37-19-11-15(30)10-18(31)21(19)16(27-9-1-2-17(27)25(35)36)8-5-13-3-6-14(29)7-4-13/h3-4,6-7,10-11,17,20,22-24,26,28,32-34H,1-2,5,8-9,12H2,(H3,29,30,31,35,36)/t17-,20+,22+,23-,24+,26+/m0/s1. The van der Waals surface area contributed by atoms with Gasteiger partial charge < -0.3 is 55.1 Å². The zero-order valence-electron chi connectivity index (χ0n) is 20.4. The van der Waals surface area contributed by atoms with Gasteiger partial charge in [0, 0.05) is 31.4 Å². The van der Waals surface area contributed by atoms with Crippen molar-refractivity contribution in [3.8, 4) is 23.0 Å². The predicted octanol–water partition coefficient (Wildman–Crippen LogP) is -1.67. The van der Waals surface area contributed by atoms with Crippen molar-refractivity contribution in [1.82, 2.24) is 0 Å². The van der Waals surface area contributed by atoms with Crippen LogP contribution in [0.1, 0.15) is 30.4 Å². The molecule has 0 saturated carbocycles. The van der Waals surface area contributed by atoms with Crippen molar-refractivity contribution < 1.29 is 59.7 Å². The number of aliphatic carboxylic acids is 1. The number of phenolic OH excluding ortho intramolecular Hbond substituents is 3. The van der Waals surface area contributed by atoms with Crippen molar-refractivity contribution in [2.45, 2.75) is 62.4 Å². The summed E-state index contributed by atoms with van der Waals surface area (Å²) in [5, 5.41) is 82.8. The van der Waals surface area contributed by atoms with Gasteiger partial charge in [-0.15, -0.1) is 0 Å². The molecule has 0 spiro atoms. The highest BCUT2D eigenvalue weighted by Crippen LogP contribution is 2.37. The van der Waals surface area contributed by atoms with E-state index in [1.807, 2.05) is 0 Å². The molecule has 206 valence electrons. The topological polar surface area (TPSA) is 203 Å². The van der Waals surface area contributed by atoms with E-state index in [9.17, 15) is 45.6 Å². The Bertz CT molecular complexity index is 1180. The molecule has 4 rings (SSSR count). The fourth-order valence-electron chi connectivity index (χ4n) is 4.93. The molecular formula is C26H31NO11. The van der Waals surface area contributed by atoms with Gasteiger partial charge in [-0.3, -0.25) is 0 Å². The highest BCUT2D eigenvalue weighted by Gasteiger charge is 2.45. The second-order valence-corrected chi connectivity index (χ2v) is 9.44. The molecule has 2 aliphatic heterocycles. The SMILES string of the molecule is O=C([O-])[C@@H]1CCC[N+]1=C(CCc1ccc(O)cc1)c1c(O)cc(O)cc1O[C@@H]1O[C@H](CO)[C@@H](O)[C@H](O)[C@H]1O. The third-order valence-corrected chi connectivity index (χ3v) is 6.90. The molecule has 2 heterocycles. The largest absolute Gasteiger partial charge is 0.543 e. The van der Waals surface area contributed by atoms with Crippen molar-refractivity contribution in [2.75, 3.05) is 13.2 Å². The van der Waals surface area contributed by atoms with Crippen LogP contribution in [0.3, 0.4) is 0 Å². The summed E-state index contributed by atoms with van der Waals surface area (Å²) in [7, 11) is 0. The lowest BCUT2D eigenvalue weighted by molar-refractivity contribution is -0.544. The third kappa shape index (κ3) is 5.69. The van der Waals surface area contributed by atoms with Gasteiger partial charge in [0.05, 0.1) is 6.61 Å². The first-order valence-corrected chi connectivity index (χ1v) is 12.3. The Kier molecular flexibility index (Phi) is 8.38. The van der Waals surface area contributed by atoms with Gasteiger partial charge in [0.15, 0.2) is 11.8 Å². The molecule has 12 heteroatoms. The van der Waals surface area contributed by atoms with Crippen molar-refractivity contribution in [1.29, 1.82) is 0 Å². The molecular weight excluding hydrogens is 502 g/mol. The highest BCUT2D eigenvalue weighted by molar-refractivity contribution is 6.02. The molecule has 0 bridgehead atoms. The molecule has 12 nitrogen and oxygen atoms in total. The number of aliphatic hydroxyl groups is 4. The second kappa shape index (κ2) is 11.5. The van der Waals surface area contributed by atoms with Gasteiger partial charge >= 0.3 is 0 Å². The van der Waals surface area contributed by atoms with Crippen molar-refractivity contribution in [2.24, 2.45) is 0 Å². The number of ether oxygens (including phenoxy) is 2. The molecule has 7 N–H and O–H groups in total. The van der Waals surface area contributed by atoms with Crippen LogP contribution in [-0.4, -0.2) is 102 Å². The van der Waals surface area contributed by atoms with Crippen LogP contribution in [0.2, 0.25) is 0 Å². The molecule has 2 aromatic carbocycles. The van der Waals surface area contributed by atoms with E-state index in [-0.39, 0.29) is 23.5 Å². The van der Waals surface area contributed by atoms with Gasteiger partial charge in [0.2, 0.25) is 6.29 Å². The predicted molar refractivity (Wildman–Crippen MR) is 128 cm³/mol. The van der Waals surface area contributed by atoms with Gasteiger partial charge in [0.1, 0.15) is 65.5 Å². The van der Waals surface area contributed by atoms with Crippen LogP contribution in [-0.2, 0) is 16.0 Å². The van der Waals surface area contributed by atoms with E-state index in [0.29, 0.717) is 31.5 Å². The van der Waals surface area contributed by atoms with Crippen LogP contribution in [0.25, 0.3) is 0 Å². The molecule has 0 aromatic heterocycles. The second-order valence-electron chi connectivity index (χ2n) is 9.44. The Hall–Kier alpha value is -3.42. The number of carboxylic acids is 1. The van der Waals surface area contributed by atoms with Crippen molar-refractivity contribution in [3.05, 3.63) is 47.5 Å². The number of hydrogen-bond acceptors (Lipinski definition) is 11. The van der Waals surface area contributed by atoms with E-state index in [4.69, 9.17) is 9.47 Å². The lowest BCUT2D eigenvalue weighted by atomic mass is 9.98. The van der Waals surface area contributed by atoms with Crippen LogP contribution in [0.4, 0.5) is 0 Å². The molecule has 0 unspecified atom stereocenters. The Morgan fingerprint density at radius 2 is 1.74 bits per heavy atom. The molecule has 6 atom stereocenters. The quantitative estimate of drug-likeness (QED) is 0.191. The summed E-state index contributed by atoms with van der Waals surface area (Å²) >= 11 is 0.